The summed E-state index contributed by atoms with van der Waals surface area (Å²) in [5.41, 5.74) is 2.42. The Labute approximate surface area is 220 Å². The van der Waals surface area contributed by atoms with Crippen molar-refractivity contribution in [3.63, 3.8) is 0 Å². The number of imide groups is 1. The Kier molecular flexibility index (Phi) is 6.33. The summed E-state index contributed by atoms with van der Waals surface area (Å²) < 4.78 is 32.0. The number of imidazole rings is 1. The molecule has 4 aliphatic heterocycles. The van der Waals surface area contributed by atoms with Crippen molar-refractivity contribution in [2.45, 2.75) is 63.0 Å². The van der Waals surface area contributed by atoms with Gasteiger partial charge in [-0.05, 0) is 81.8 Å². The lowest BCUT2D eigenvalue weighted by Crippen LogP contribution is -2.60. The summed E-state index contributed by atoms with van der Waals surface area (Å²) in [4.78, 5) is 41.5. The van der Waals surface area contributed by atoms with E-state index < -0.39 is 23.9 Å². The number of aromatic nitrogens is 2. The molecule has 2 N–H and O–H groups in total. The van der Waals surface area contributed by atoms with Crippen LogP contribution in [-0.2, 0) is 16.6 Å². The zero-order valence-corrected chi connectivity index (χ0v) is 21.8. The number of hydrogen-bond donors (Lipinski definition) is 2. The molecule has 1 spiro atoms. The van der Waals surface area contributed by atoms with Crippen LogP contribution in [0, 0.1) is 5.41 Å². The molecule has 5 heterocycles. The van der Waals surface area contributed by atoms with E-state index in [1.54, 1.807) is 11.6 Å². The number of piperidine rings is 4. The van der Waals surface area contributed by atoms with Crippen LogP contribution < -0.4 is 21.2 Å². The molecule has 2 amide bonds. The van der Waals surface area contributed by atoms with E-state index >= 15 is 0 Å². The lowest BCUT2D eigenvalue weighted by Gasteiger charge is -2.50. The number of anilines is 1. The highest BCUT2D eigenvalue weighted by Crippen LogP contribution is 2.44. The van der Waals surface area contributed by atoms with Crippen molar-refractivity contribution < 1.29 is 18.4 Å². The predicted molar refractivity (Wildman–Crippen MR) is 140 cm³/mol. The van der Waals surface area contributed by atoms with Crippen LogP contribution in [0.2, 0.25) is 0 Å². The summed E-state index contributed by atoms with van der Waals surface area (Å²) in [6, 6.07) is 4.58. The fraction of sp³-hybridized carbons (Fsp3) is 0.667. The van der Waals surface area contributed by atoms with Crippen LogP contribution in [0.25, 0.3) is 11.0 Å². The zero-order chi connectivity index (χ0) is 26.7. The van der Waals surface area contributed by atoms with E-state index in [1.165, 1.54) is 4.57 Å². The van der Waals surface area contributed by atoms with Crippen molar-refractivity contribution in [2.24, 2.45) is 12.5 Å². The van der Waals surface area contributed by atoms with Crippen LogP contribution in [0.4, 0.5) is 14.5 Å². The number of benzene rings is 1. The molecule has 6 rings (SSSR count). The zero-order valence-electron chi connectivity index (χ0n) is 21.8. The van der Waals surface area contributed by atoms with Gasteiger partial charge in [-0.2, -0.15) is 0 Å². The molecule has 4 aliphatic rings. The summed E-state index contributed by atoms with van der Waals surface area (Å²) in [5.74, 6) is -3.40. The molecule has 0 aliphatic carbocycles. The molecular formula is C27H36F2N6O3. The van der Waals surface area contributed by atoms with Crippen LogP contribution in [0.5, 0.6) is 0 Å². The summed E-state index contributed by atoms with van der Waals surface area (Å²) in [5, 5.41) is 5.18. The number of nitrogens with one attached hydrogen (secondary N) is 2. The van der Waals surface area contributed by atoms with Gasteiger partial charge in [-0.15, -0.1) is 0 Å². The first-order chi connectivity index (χ1) is 18.2. The third-order valence-corrected chi connectivity index (χ3v) is 9.53. The number of carbonyl (C=O) groups is 2. The lowest BCUT2D eigenvalue weighted by atomic mass is 9.70. The van der Waals surface area contributed by atoms with Crippen molar-refractivity contribution in [3.8, 4) is 0 Å². The highest BCUT2D eigenvalue weighted by Gasteiger charge is 2.47. The van der Waals surface area contributed by atoms with Crippen molar-refractivity contribution >= 4 is 28.5 Å². The first-order valence-electron chi connectivity index (χ1n) is 13.8. The maximum Gasteiger partial charge on any atom is 0.329 e. The van der Waals surface area contributed by atoms with Gasteiger partial charge in [0.2, 0.25) is 11.8 Å². The van der Waals surface area contributed by atoms with Gasteiger partial charge in [0.05, 0.1) is 23.6 Å². The van der Waals surface area contributed by atoms with Gasteiger partial charge in [-0.3, -0.25) is 28.9 Å². The van der Waals surface area contributed by atoms with Gasteiger partial charge in [-0.25, -0.2) is 13.6 Å². The molecule has 206 valence electrons. The van der Waals surface area contributed by atoms with E-state index in [-0.39, 0.29) is 30.0 Å². The number of fused-ring (bicyclic) bond motifs is 1. The van der Waals surface area contributed by atoms with Crippen molar-refractivity contribution in [3.05, 3.63) is 28.7 Å². The molecule has 11 heteroatoms. The maximum atomic E-state index is 14.5. The molecule has 0 radical (unpaired) electrons. The highest BCUT2D eigenvalue weighted by atomic mass is 19.3. The Morgan fingerprint density at radius 1 is 0.947 bits per heavy atom. The number of likely N-dealkylation sites (tertiary alicyclic amines) is 1. The standard InChI is InChI=1S/C27H36F2N6O3/c1-32-21-16-18(2-3-19(21)35(25(32)38)20-4-5-23(36)31-24(20)37)33-12-7-26(8-13-33)9-14-34(15-10-26)22-6-11-30-17-27(22,28)29/h2-3,16,20,22,30H,4-15,17H2,1H3,(H,31,36,37). The van der Waals surface area contributed by atoms with E-state index in [0.29, 0.717) is 24.9 Å². The molecule has 0 bridgehead atoms. The summed E-state index contributed by atoms with van der Waals surface area (Å²) in [7, 11) is 1.71. The van der Waals surface area contributed by atoms with Crippen LogP contribution in [0.3, 0.4) is 0 Å². The molecule has 2 aromatic rings. The van der Waals surface area contributed by atoms with E-state index in [1.807, 2.05) is 23.1 Å². The van der Waals surface area contributed by atoms with Gasteiger partial charge in [0.1, 0.15) is 6.04 Å². The van der Waals surface area contributed by atoms with Gasteiger partial charge in [0.25, 0.3) is 5.92 Å². The van der Waals surface area contributed by atoms with E-state index in [0.717, 1.165) is 63.1 Å². The third kappa shape index (κ3) is 4.33. The smallest absolute Gasteiger partial charge is 0.329 e. The second kappa shape index (κ2) is 9.44. The number of halogens is 2. The average Bonchev–Trinajstić information content (AvgIpc) is 3.14. The molecular weight excluding hydrogens is 494 g/mol. The molecule has 38 heavy (non-hydrogen) atoms. The lowest BCUT2D eigenvalue weighted by molar-refractivity contribution is -0.135. The molecule has 1 aromatic carbocycles. The molecule has 2 atom stereocenters. The van der Waals surface area contributed by atoms with Crippen LogP contribution in [-0.4, -0.2) is 77.1 Å². The van der Waals surface area contributed by atoms with Crippen LogP contribution in [0.15, 0.2) is 23.0 Å². The number of aryl methyl sites for hydroxylation is 1. The van der Waals surface area contributed by atoms with Crippen molar-refractivity contribution in [1.29, 1.82) is 0 Å². The minimum atomic E-state index is -2.66. The highest BCUT2D eigenvalue weighted by molar-refractivity contribution is 6.00. The molecule has 4 saturated heterocycles. The van der Waals surface area contributed by atoms with Crippen LogP contribution >= 0.6 is 0 Å². The number of alkyl halides is 2. The average molecular weight is 531 g/mol. The normalized spacial score (nSPS) is 28.1. The summed E-state index contributed by atoms with van der Waals surface area (Å²) in [6.07, 6.45) is 5.00. The van der Waals surface area contributed by atoms with E-state index in [4.69, 9.17) is 0 Å². The number of nitrogens with zero attached hydrogens (tertiary/aromatic N) is 4. The second-order valence-electron chi connectivity index (χ2n) is 11.6. The quantitative estimate of drug-likeness (QED) is 0.590. The molecule has 4 fully saturated rings. The topological polar surface area (TPSA) is 91.6 Å². The minimum Gasteiger partial charge on any atom is -0.371 e. The van der Waals surface area contributed by atoms with Crippen molar-refractivity contribution in [1.82, 2.24) is 24.7 Å². The Balaban J connectivity index is 1.14. The Morgan fingerprint density at radius 3 is 2.34 bits per heavy atom. The fourth-order valence-corrected chi connectivity index (χ4v) is 7.10. The van der Waals surface area contributed by atoms with Gasteiger partial charge < -0.3 is 10.2 Å². The number of rotatable bonds is 3. The first-order valence-corrected chi connectivity index (χ1v) is 13.8. The number of amides is 2. The van der Waals surface area contributed by atoms with Gasteiger partial charge in [0, 0.05) is 32.2 Å². The molecule has 0 saturated carbocycles. The Bertz CT molecular complexity index is 1300. The summed E-state index contributed by atoms with van der Waals surface area (Å²) in [6.45, 7) is 3.68. The Morgan fingerprint density at radius 2 is 1.66 bits per heavy atom. The van der Waals surface area contributed by atoms with E-state index in [9.17, 15) is 23.2 Å². The number of carbonyl (C=O) groups excluding carboxylic acids is 2. The van der Waals surface area contributed by atoms with Gasteiger partial charge >= 0.3 is 5.69 Å². The van der Waals surface area contributed by atoms with Crippen LogP contribution in [0.1, 0.15) is 51.0 Å². The van der Waals surface area contributed by atoms with Gasteiger partial charge in [-0.1, -0.05) is 0 Å². The second-order valence-corrected chi connectivity index (χ2v) is 11.6. The SMILES string of the molecule is Cn1c(=O)n(C2CCC(=O)NC2=O)c2ccc(N3CCC4(CC3)CCN(C3CCNCC3(F)F)CC4)cc21. The maximum absolute atomic E-state index is 14.5. The molecule has 1 aromatic heterocycles. The van der Waals surface area contributed by atoms with Crippen molar-refractivity contribution in [2.75, 3.05) is 44.2 Å². The predicted octanol–water partition coefficient (Wildman–Crippen LogP) is 2.00. The monoisotopic (exact) mass is 530 g/mol. The fourth-order valence-electron chi connectivity index (χ4n) is 7.10. The third-order valence-electron chi connectivity index (χ3n) is 9.53. The Hall–Kier alpha value is -2.79. The largest absolute Gasteiger partial charge is 0.371 e. The number of hydrogen-bond acceptors (Lipinski definition) is 6. The van der Waals surface area contributed by atoms with Gasteiger partial charge in [0.15, 0.2) is 0 Å². The molecule has 2 unspecified atom stereocenters. The first kappa shape index (κ1) is 25.5. The van der Waals surface area contributed by atoms with E-state index in [2.05, 4.69) is 15.5 Å². The summed E-state index contributed by atoms with van der Waals surface area (Å²) >= 11 is 0. The molecule has 9 nitrogen and oxygen atoms in total. The minimum absolute atomic E-state index is 0.210.